The van der Waals surface area contributed by atoms with Crippen LogP contribution in [0.2, 0.25) is 0 Å². The zero-order valence-electron chi connectivity index (χ0n) is 10.9. The molecule has 0 saturated heterocycles. The van der Waals surface area contributed by atoms with Crippen LogP contribution in [0.3, 0.4) is 0 Å². The molecule has 1 aliphatic heterocycles. The quantitative estimate of drug-likeness (QED) is 0.642. The maximum absolute atomic E-state index is 5.48. The van der Waals surface area contributed by atoms with Crippen molar-refractivity contribution in [2.24, 2.45) is 0 Å². The fraction of sp³-hybridized carbons (Fsp3) is 0.571. The summed E-state index contributed by atoms with van der Waals surface area (Å²) in [6.07, 6.45) is 2.01. The van der Waals surface area contributed by atoms with Crippen LogP contribution in [0, 0.1) is 0 Å². The van der Waals surface area contributed by atoms with Gasteiger partial charge in [-0.05, 0) is 44.4 Å². The molecule has 0 aliphatic carbocycles. The van der Waals surface area contributed by atoms with Crippen LogP contribution in [0.15, 0.2) is 18.2 Å². The van der Waals surface area contributed by atoms with Gasteiger partial charge in [0.05, 0.1) is 12.2 Å². The van der Waals surface area contributed by atoms with Gasteiger partial charge in [0.1, 0.15) is 5.75 Å². The number of rotatable bonds is 4. The fourth-order valence-electron chi connectivity index (χ4n) is 1.86. The van der Waals surface area contributed by atoms with E-state index in [9.17, 15) is 0 Å². The van der Waals surface area contributed by atoms with Crippen LogP contribution in [-0.4, -0.2) is 18.8 Å². The van der Waals surface area contributed by atoms with Gasteiger partial charge in [-0.3, -0.25) is 4.84 Å². The maximum Gasteiger partial charge on any atom is 0.122 e. The van der Waals surface area contributed by atoms with Gasteiger partial charge in [-0.25, -0.2) is 5.48 Å². The van der Waals surface area contributed by atoms with E-state index >= 15 is 0 Å². The highest BCUT2D eigenvalue weighted by Gasteiger charge is 2.12. The summed E-state index contributed by atoms with van der Waals surface area (Å²) in [6.45, 7) is 7.76. The first-order chi connectivity index (χ1) is 8.04. The monoisotopic (exact) mass is 235 g/mol. The predicted molar refractivity (Wildman–Crippen MR) is 68.2 cm³/mol. The molecule has 0 fully saturated rings. The van der Waals surface area contributed by atoms with Crippen molar-refractivity contribution < 1.29 is 9.57 Å². The summed E-state index contributed by atoms with van der Waals surface area (Å²) < 4.78 is 5.48. The Balaban J connectivity index is 1.80. The molecule has 0 radical (unpaired) electrons. The van der Waals surface area contributed by atoms with E-state index in [1.54, 1.807) is 0 Å². The smallest absolute Gasteiger partial charge is 0.122 e. The van der Waals surface area contributed by atoms with Crippen molar-refractivity contribution in [3.63, 3.8) is 0 Å². The normalized spacial score (nSPS) is 14.5. The first-order valence-electron chi connectivity index (χ1n) is 6.20. The molecule has 0 saturated carbocycles. The van der Waals surface area contributed by atoms with Crippen LogP contribution >= 0.6 is 0 Å². The Labute approximate surface area is 103 Å². The molecule has 94 valence electrons. The minimum absolute atomic E-state index is 0.133. The van der Waals surface area contributed by atoms with E-state index in [1.165, 1.54) is 11.1 Å². The average molecular weight is 235 g/mol. The molecular weight excluding hydrogens is 214 g/mol. The molecule has 2 rings (SSSR count). The molecule has 0 spiro atoms. The van der Waals surface area contributed by atoms with Gasteiger partial charge in [0.15, 0.2) is 0 Å². The Morgan fingerprint density at radius 2 is 2.18 bits per heavy atom. The van der Waals surface area contributed by atoms with Crippen LogP contribution in [0.25, 0.3) is 0 Å². The lowest BCUT2D eigenvalue weighted by Crippen LogP contribution is -2.30. The third kappa shape index (κ3) is 3.72. The molecule has 0 atom stereocenters. The van der Waals surface area contributed by atoms with E-state index < -0.39 is 0 Å². The lowest BCUT2D eigenvalue weighted by atomic mass is 10.1. The summed E-state index contributed by atoms with van der Waals surface area (Å²) in [7, 11) is 0. The van der Waals surface area contributed by atoms with Gasteiger partial charge >= 0.3 is 0 Å². The van der Waals surface area contributed by atoms with Crippen molar-refractivity contribution in [2.45, 2.75) is 39.2 Å². The van der Waals surface area contributed by atoms with E-state index in [1.807, 2.05) is 20.8 Å². The minimum atomic E-state index is -0.133. The number of ether oxygens (including phenoxy) is 1. The van der Waals surface area contributed by atoms with Gasteiger partial charge in [0.25, 0.3) is 0 Å². The number of nitrogens with one attached hydrogen (secondary N) is 1. The van der Waals surface area contributed by atoms with E-state index in [4.69, 9.17) is 9.57 Å². The molecule has 1 aromatic rings. The molecule has 0 aromatic heterocycles. The summed E-state index contributed by atoms with van der Waals surface area (Å²) in [4.78, 5) is 5.47. The molecule has 0 unspecified atom stereocenters. The van der Waals surface area contributed by atoms with Gasteiger partial charge in [-0.1, -0.05) is 12.1 Å². The molecule has 0 amide bonds. The van der Waals surface area contributed by atoms with Crippen molar-refractivity contribution in [1.82, 2.24) is 5.48 Å². The van der Waals surface area contributed by atoms with Crippen molar-refractivity contribution in [2.75, 3.05) is 13.2 Å². The zero-order valence-corrected chi connectivity index (χ0v) is 10.9. The largest absolute Gasteiger partial charge is 0.493 e. The summed E-state index contributed by atoms with van der Waals surface area (Å²) in [5.74, 6) is 1.05. The van der Waals surface area contributed by atoms with Crippen LogP contribution in [-0.2, 0) is 17.7 Å². The summed E-state index contributed by atoms with van der Waals surface area (Å²) >= 11 is 0. The maximum atomic E-state index is 5.48. The topological polar surface area (TPSA) is 30.5 Å². The van der Waals surface area contributed by atoms with Crippen LogP contribution in [0.5, 0.6) is 5.75 Å². The third-order valence-corrected chi connectivity index (χ3v) is 2.65. The Morgan fingerprint density at radius 1 is 1.35 bits per heavy atom. The van der Waals surface area contributed by atoms with Crippen LogP contribution < -0.4 is 10.2 Å². The summed E-state index contributed by atoms with van der Waals surface area (Å²) in [5, 5.41) is 0. The molecule has 3 heteroatoms. The third-order valence-electron chi connectivity index (χ3n) is 2.65. The molecule has 1 aliphatic rings. The van der Waals surface area contributed by atoms with Gasteiger partial charge in [0.2, 0.25) is 0 Å². The van der Waals surface area contributed by atoms with Crippen molar-refractivity contribution in [1.29, 1.82) is 0 Å². The van der Waals surface area contributed by atoms with Crippen LogP contribution in [0.1, 0.15) is 31.9 Å². The number of hydrogen-bond acceptors (Lipinski definition) is 3. The number of hydroxylamine groups is 1. The molecule has 0 bridgehead atoms. The van der Waals surface area contributed by atoms with Crippen molar-refractivity contribution >= 4 is 0 Å². The van der Waals surface area contributed by atoms with Crippen LogP contribution in [0.4, 0.5) is 0 Å². The highest BCUT2D eigenvalue weighted by atomic mass is 16.7. The van der Waals surface area contributed by atoms with E-state index in [2.05, 4.69) is 23.7 Å². The standard InChI is InChI=1S/C14H21NO2/c1-14(2,3)17-15-8-6-11-4-5-13-12(10-11)7-9-16-13/h4-5,10,15H,6-9H2,1-3H3. The second-order valence-electron chi connectivity index (χ2n) is 5.40. The summed E-state index contributed by atoms with van der Waals surface area (Å²) in [5.41, 5.74) is 5.54. The van der Waals surface area contributed by atoms with E-state index in [0.29, 0.717) is 0 Å². The Kier molecular flexibility index (Phi) is 3.69. The van der Waals surface area contributed by atoms with Crippen molar-refractivity contribution in [3.8, 4) is 5.75 Å². The van der Waals surface area contributed by atoms with Gasteiger partial charge in [0, 0.05) is 13.0 Å². The van der Waals surface area contributed by atoms with Crippen molar-refractivity contribution in [3.05, 3.63) is 29.3 Å². The fourth-order valence-corrected chi connectivity index (χ4v) is 1.86. The number of fused-ring (bicyclic) bond motifs is 1. The second-order valence-corrected chi connectivity index (χ2v) is 5.40. The molecular formula is C14H21NO2. The SMILES string of the molecule is CC(C)(C)ONCCc1ccc2c(c1)CCO2. The Bertz CT molecular complexity index is 382. The molecule has 1 aromatic carbocycles. The Hall–Kier alpha value is -1.06. The lowest BCUT2D eigenvalue weighted by molar-refractivity contribution is -0.0717. The van der Waals surface area contributed by atoms with Gasteiger partial charge in [-0.15, -0.1) is 0 Å². The molecule has 1 heterocycles. The van der Waals surface area contributed by atoms with E-state index in [0.717, 1.165) is 31.7 Å². The molecule has 3 nitrogen and oxygen atoms in total. The first kappa shape index (κ1) is 12.4. The van der Waals surface area contributed by atoms with Gasteiger partial charge in [-0.2, -0.15) is 0 Å². The predicted octanol–water partition coefficient (Wildman–Crippen LogP) is 2.48. The van der Waals surface area contributed by atoms with Gasteiger partial charge < -0.3 is 4.74 Å². The number of benzene rings is 1. The molecule has 1 N–H and O–H groups in total. The summed E-state index contributed by atoms with van der Waals surface area (Å²) in [6, 6.07) is 6.44. The highest BCUT2D eigenvalue weighted by Crippen LogP contribution is 2.25. The zero-order chi connectivity index (χ0) is 12.3. The van der Waals surface area contributed by atoms with E-state index in [-0.39, 0.29) is 5.60 Å². The molecule has 17 heavy (non-hydrogen) atoms. The Morgan fingerprint density at radius 3 is 2.94 bits per heavy atom. The lowest BCUT2D eigenvalue weighted by Gasteiger charge is -2.19. The average Bonchev–Trinajstić information content (AvgIpc) is 2.70. The first-order valence-corrected chi connectivity index (χ1v) is 6.20. The number of hydrogen-bond donors (Lipinski definition) is 1. The minimum Gasteiger partial charge on any atom is -0.493 e. The second kappa shape index (κ2) is 5.07. The highest BCUT2D eigenvalue weighted by molar-refractivity contribution is 5.39.